The molecule has 0 bridgehead atoms. The van der Waals surface area contributed by atoms with E-state index >= 15 is 0 Å². The number of amides is 2. The van der Waals surface area contributed by atoms with Crippen molar-refractivity contribution in [3.05, 3.63) is 76.3 Å². The van der Waals surface area contributed by atoms with E-state index in [1.54, 1.807) is 18.2 Å². The van der Waals surface area contributed by atoms with E-state index in [1.807, 2.05) is 42.5 Å². The number of carbonyl (C=O) groups is 2. The Balaban J connectivity index is 1.35. The number of hydrogen-bond donors (Lipinski definition) is 3. The molecule has 32 heavy (non-hydrogen) atoms. The van der Waals surface area contributed by atoms with Gasteiger partial charge in [0.15, 0.2) is 5.11 Å². The fraction of sp³-hybridized carbons (Fsp3) is 0.174. The number of halogens is 2. The highest BCUT2D eigenvalue weighted by atomic mass is 35.5. The predicted octanol–water partition coefficient (Wildman–Crippen LogP) is 4.57. The van der Waals surface area contributed by atoms with E-state index in [9.17, 15) is 9.59 Å². The Morgan fingerprint density at radius 3 is 2.53 bits per heavy atom. The number of rotatable bonds is 7. The highest BCUT2D eigenvalue weighted by molar-refractivity contribution is 7.80. The molecule has 0 aliphatic carbocycles. The number of ether oxygens (including phenoxy) is 1. The second-order valence-electron chi connectivity index (χ2n) is 6.89. The van der Waals surface area contributed by atoms with Crippen molar-refractivity contribution < 1.29 is 14.3 Å². The molecule has 0 atom stereocenters. The van der Waals surface area contributed by atoms with E-state index in [0.717, 1.165) is 16.3 Å². The predicted molar refractivity (Wildman–Crippen MR) is 131 cm³/mol. The maximum absolute atomic E-state index is 12.3. The maximum Gasteiger partial charge on any atom is 0.238 e. The van der Waals surface area contributed by atoms with Crippen LogP contribution in [0, 0.1) is 0 Å². The Morgan fingerprint density at radius 2 is 1.72 bits per heavy atom. The molecular formula is C23H21Cl2N3O3S. The van der Waals surface area contributed by atoms with Gasteiger partial charge >= 0.3 is 0 Å². The van der Waals surface area contributed by atoms with Gasteiger partial charge < -0.3 is 10.1 Å². The summed E-state index contributed by atoms with van der Waals surface area (Å²) in [5.74, 6) is -0.0625. The van der Waals surface area contributed by atoms with Crippen LogP contribution in [0.5, 0.6) is 5.75 Å². The largest absolute Gasteiger partial charge is 0.492 e. The summed E-state index contributed by atoms with van der Waals surface area (Å²) < 4.78 is 5.53. The molecule has 0 aliphatic heterocycles. The molecule has 3 rings (SSSR count). The Labute approximate surface area is 201 Å². The van der Waals surface area contributed by atoms with Crippen LogP contribution in [-0.4, -0.2) is 23.5 Å². The van der Waals surface area contributed by atoms with E-state index in [1.165, 1.54) is 0 Å². The average Bonchev–Trinajstić information content (AvgIpc) is 2.76. The standard InChI is InChI=1S/C23H21Cl2N3O3S/c24-17-10-11-20(19(25)14-17)31-12-4-9-21(29)27-28-23(32)26-22(30)13-16-7-3-6-15-5-1-2-8-18(15)16/h1-3,5-8,10-11,14H,4,9,12-13H2,(H,27,29)(H2,26,28,30,32). The average molecular weight is 490 g/mol. The fourth-order valence-electron chi connectivity index (χ4n) is 3.02. The van der Waals surface area contributed by atoms with Crippen molar-refractivity contribution in [2.75, 3.05) is 6.61 Å². The first-order chi connectivity index (χ1) is 15.4. The van der Waals surface area contributed by atoms with E-state index in [4.69, 9.17) is 40.2 Å². The van der Waals surface area contributed by atoms with Crippen LogP contribution in [0.3, 0.4) is 0 Å². The lowest BCUT2D eigenvalue weighted by atomic mass is 10.0. The van der Waals surface area contributed by atoms with Crippen LogP contribution in [0.25, 0.3) is 10.8 Å². The van der Waals surface area contributed by atoms with Crippen LogP contribution in [0.15, 0.2) is 60.7 Å². The van der Waals surface area contributed by atoms with Crippen molar-refractivity contribution in [2.45, 2.75) is 19.3 Å². The molecule has 0 spiro atoms. The third kappa shape index (κ3) is 7.09. The van der Waals surface area contributed by atoms with Crippen LogP contribution in [0.1, 0.15) is 18.4 Å². The van der Waals surface area contributed by atoms with E-state index in [-0.39, 0.29) is 29.8 Å². The fourth-order valence-corrected chi connectivity index (χ4v) is 3.65. The highest BCUT2D eigenvalue weighted by Gasteiger charge is 2.10. The molecule has 0 saturated heterocycles. The first-order valence-corrected chi connectivity index (χ1v) is 11.0. The quantitative estimate of drug-likeness (QED) is 0.257. The zero-order chi connectivity index (χ0) is 22.9. The SMILES string of the molecule is O=C(CCCOc1ccc(Cl)cc1Cl)NNC(=S)NC(=O)Cc1cccc2ccccc12. The van der Waals surface area contributed by atoms with Crippen LogP contribution in [0.2, 0.25) is 10.0 Å². The summed E-state index contributed by atoms with van der Waals surface area (Å²) in [5, 5.41) is 5.59. The maximum atomic E-state index is 12.3. The normalized spacial score (nSPS) is 10.4. The van der Waals surface area contributed by atoms with E-state index in [0.29, 0.717) is 28.8 Å². The second kappa shape index (κ2) is 11.7. The smallest absolute Gasteiger partial charge is 0.238 e. The van der Waals surface area contributed by atoms with Gasteiger partial charge in [0.05, 0.1) is 18.1 Å². The third-order valence-electron chi connectivity index (χ3n) is 4.50. The zero-order valence-electron chi connectivity index (χ0n) is 17.0. The minimum Gasteiger partial charge on any atom is -0.492 e. The van der Waals surface area contributed by atoms with Gasteiger partial charge in [-0.2, -0.15) is 0 Å². The summed E-state index contributed by atoms with van der Waals surface area (Å²) in [5.41, 5.74) is 5.88. The molecule has 3 aromatic carbocycles. The first-order valence-electron chi connectivity index (χ1n) is 9.85. The molecule has 0 saturated carbocycles. The summed E-state index contributed by atoms with van der Waals surface area (Å²) >= 11 is 16.9. The molecule has 0 heterocycles. The monoisotopic (exact) mass is 489 g/mol. The van der Waals surface area contributed by atoms with Gasteiger partial charge in [0.1, 0.15) is 5.75 Å². The van der Waals surface area contributed by atoms with E-state index < -0.39 is 0 Å². The molecule has 166 valence electrons. The van der Waals surface area contributed by atoms with Gasteiger partial charge in [-0.1, -0.05) is 65.7 Å². The number of hydrogen-bond acceptors (Lipinski definition) is 4. The Bertz CT molecular complexity index is 1140. The first kappa shape index (κ1) is 23.8. The molecule has 3 aromatic rings. The van der Waals surface area contributed by atoms with Gasteiger partial charge in [-0.15, -0.1) is 0 Å². The summed E-state index contributed by atoms with van der Waals surface area (Å²) in [7, 11) is 0. The Hall–Kier alpha value is -2.87. The molecule has 0 fully saturated rings. The van der Waals surface area contributed by atoms with Crippen LogP contribution in [-0.2, 0) is 16.0 Å². The summed E-state index contributed by atoms with van der Waals surface area (Å²) in [4.78, 5) is 24.3. The van der Waals surface area contributed by atoms with Crippen LogP contribution in [0.4, 0.5) is 0 Å². The minimum atomic E-state index is -0.290. The van der Waals surface area contributed by atoms with Crippen molar-refractivity contribution in [3.8, 4) is 5.75 Å². The van der Waals surface area contributed by atoms with Crippen molar-refractivity contribution >= 4 is 63.1 Å². The lowest BCUT2D eigenvalue weighted by Gasteiger charge is -2.12. The number of nitrogens with one attached hydrogen (secondary N) is 3. The van der Waals surface area contributed by atoms with E-state index in [2.05, 4.69) is 16.2 Å². The van der Waals surface area contributed by atoms with Gasteiger partial charge in [-0.25, -0.2) is 0 Å². The highest BCUT2D eigenvalue weighted by Crippen LogP contribution is 2.27. The Kier molecular flexibility index (Phi) is 8.67. The lowest BCUT2D eigenvalue weighted by molar-refractivity contribution is -0.122. The third-order valence-corrected chi connectivity index (χ3v) is 5.23. The van der Waals surface area contributed by atoms with Crippen LogP contribution >= 0.6 is 35.4 Å². The number of hydrazine groups is 1. The molecule has 9 heteroatoms. The lowest BCUT2D eigenvalue weighted by Crippen LogP contribution is -2.48. The molecule has 0 radical (unpaired) electrons. The molecule has 3 N–H and O–H groups in total. The number of fused-ring (bicyclic) bond motifs is 1. The molecule has 2 amide bonds. The minimum absolute atomic E-state index is 0.0211. The summed E-state index contributed by atoms with van der Waals surface area (Å²) in [6.07, 6.45) is 0.833. The van der Waals surface area contributed by atoms with Crippen molar-refractivity contribution in [1.82, 2.24) is 16.2 Å². The van der Waals surface area contributed by atoms with Crippen LogP contribution < -0.4 is 20.9 Å². The van der Waals surface area contributed by atoms with Gasteiger partial charge in [-0.3, -0.25) is 20.4 Å². The molecule has 6 nitrogen and oxygen atoms in total. The molecule has 0 unspecified atom stereocenters. The van der Waals surface area contributed by atoms with Crippen molar-refractivity contribution in [1.29, 1.82) is 0 Å². The Morgan fingerprint density at radius 1 is 0.938 bits per heavy atom. The van der Waals surface area contributed by atoms with Gasteiger partial charge in [0.25, 0.3) is 0 Å². The number of thiocarbonyl (C=S) groups is 1. The zero-order valence-corrected chi connectivity index (χ0v) is 19.3. The van der Waals surface area contributed by atoms with Gasteiger partial charge in [0.2, 0.25) is 11.8 Å². The number of benzene rings is 3. The van der Waals surface area contributed by atoms with Gasteiger partial charge in [0, 0.05) is 11.4 Å². The summed E-state index contributed by atoms with van der Waals surface area (Å²) in [6, 6.07) is 18.6. The molecule has 0 aromatic heterocycles. The number of carbonyl (C=O) groups excluding carboxylic acids is 2. The topological polar surface area (TPSA) is 79.5 Å². The van der Waals surface area contributed by atoms with Gasteiger partial charge in [-0.05, 0) is 53.2 Å². The van der Waals surface area contributed by atoms with Crippen molar-refractivity contribution in [2.24, 2.45) is 0 Å². The second-order valence-corrected chi connectivity index (χ2v) is 8.14. The molecule has 0 aliphatic rings. The molecular weight excluding hydrogens is 469 g/mol. The van der Waals surface area contributed by atoms with Crippen molar-refractivity contribution in [3.63, 3.8) is 0 Å². The summed E-state index contributed by atoms with van der Waals surface area (Å²) in [6.45, 7) is 0.307.